The smallest absolute Gasteiger partial charge is 0.408 e. The van der Waals surface area contributed by atoms with Crippen LogP contribution in [0.15, 0.2) is 48.5 Å². The highest BCUT2D eigenvalue weighted by molar-refractivity contribution is 5.93. The molecule has 0 aliphatic heterocycles. The summed E-state index contributed by atoms with van der Waals surface area (Å²) in [7, 11) is 0. The fourth-order valence-electron chi connectivity index (χ4n) is 6.17. The normalized spacial score (nSPS) is 18.7. The number of nitrogens with zero attached hydrogens (tertiary/aromatic N) is 1. The summed E-state index contributed by atoms with van der Waals surface area (Å²) in [5, 5.41) is 12.1. The Balaban J connectivity index is 1.30. The van der Waals surface area contributed by atoms with E-state index >= 15 is 0 Å². The van der Waals surface area contributed by atoms with Gasteiger partial charge in [-0.2, -0.15) is 0 Å². The number of nitrogens with one attached hydrogen (secondary N) is 1. The van der Waals surface area contributed by atoms with Gasteiger partial charge in [0.15, 0.2) is 0 Å². The van der Waals surface area contributed by atoms with Crippen molar-refractivity contribution in [2.75, 3.05) is 19.7 Å². The monoisotopic (exact) mass is 462 g/mol. The van der Waals surface area contributed by atoms with Crippen LogP contribution in [0.3, 0.4) is 0 Å². The third-order valence-electron chi connectivity index (χ3n) is 7.86. The van der Waals surface area contributed by atoms with Crippen molar-refractivity contribution < 1.29 is 24.2 Å². The Morgan fingerprint density at radius 1 is 1.03 bits per heavy atom. The van der Waals surface area contributed by atoms with Gasteiger partial charge in [0.2, 0.25) is 5.91 Å². The molecule has 34 heavy (non-hydrogen) atoms. The van der Waals surface area contributed by atoms with E-state index in [4.69, 9.17) is 4.74 Å². The summed E-state index contributed by atoms with van der Waals surface area (Å²) in [5.41, 5.74) is 3.55. The van der Waals surface area contributed by atoms with E-state index in [1.165, 1.54) is 4.90 Å². The molecule has 2 aromatic rings. The Labute approximate surface area is 199 Å². The first-order chi connectivity index (χ1) is 16.4. The maximum atomic E-state index is 13.4. The number of benzene rings is 2. The summed E-state index contributed by atoms with van der Waals surface area (Å²) in [6, 6.07) is 16.3. The minimum atomic E-state index is -1.09. The van der Waals surface area contributed by atoms with Gasteiger partial charge in [0.25, 0.3) is 0 Å². The molecule has 2 fully saturated rings. The van der Waals surface area contributed by atoms with Gasteiger partial charge in [-0.3, -0.25) is 9.59 Å². The van der Waals surface area contributed by atoms with Crippen molar-refractivity contribution in [3.8, 4) is 11.1 Å². The van der Waals surface area contributed by atoms with Gasteiger partial charge in [-0.25, -0.2) is 4.79 Å². The van der Waals surface area contributed by atoms with Crippen LogP contribution in [-0.4, -0.2) is 53.2 Å². The summed E-state index contributed by atoms with van der Waals surface area (Å²) >= 11 is 0. The number of hydrogen-bond acceptors (Lipinski definition) is 4. The van der Waals surface area contributed by atoms with E-state index in [1.54, 1.807) is 6.92 Å². The molecule has 3 aliphatic carbocycles. The summed E-state index contributed by atoms with van der Waals surface area (Å²) in [6.45, 7) is 1.81. The fraction of sp³-hybridized carbons (Fsp3) is 0.444. The Kier molecular flexibility index (Phi) is 5.58. The molecule has 5 rings (SSSR count). The summed E-state index contributed by atoms with van der Waals surface area (Å²) in [5.74, 6) is -1.46. The first-order valence-electron chi connectivity index (χ1n) is 12.0. The molecule has 0 atom stereocenters. The molecule has 3 aliphatic rings. The third-order valence-corrected chi connectivity index (χ3v) is 7.86. The molecule has 2 N–H and O–H groups in total. The lowest BCUT2D eigenvalue weighted by Gasteiger charge is -2.60. The van der Waals surface area contributed by atoms with Gasteiger partial charge >= 0.3 is 12.1 Å². The molecule has 7 nitrogen and oxygen atoms in total. The van der Waals surface area contributed by atoms with Gasteiger partial charge in [-0.15, -0.1) is 0 Å². The number of hydrogen-bond donors (Lipinski definition) is 2. The van der Waals surface area contributed by atoms with Gasteiger partial charge < -0.3 is 20.1 Å². The highest BCUT2D eigenvalue weighted by Crippen LogP contribution is 2.60. The average Bonchev–Trinajstić information content (AvgIpc) is 3.10. The minimum absolute atomic E-state index is 0.0664. The highest BCUT2D eigenvalue weighted by Gasteiger charge is 2.62. The van der Waals surface area contributed by atoms with Gasteiger partial charge in [0.1, 0.15) is 18.7 Å². The molecule has 2 amide bonds. The molecule has 0 bridgehead atoms. The minimum Gasteiger partial charge on any atom is -0.480 e. The summed E-state index contributed by atoms with van der Waals surface area (Å²) < 4.78 is 5.70. The lowest BCUT2D eigenvalue weighted by molar-refractivity contribution is -0.158. The molecule has 1 spiro atoms. The molecule has 2 saturated carbocycles. The zero-order valence-corrected chi connectivity index (χ0v) is 19.4. The Bertz CT molecular complexity index is 1090. The molecule has 0 unspecified atom stereocenters. The Morgan fingerprint density at radius 2 is 1.62 bits per heavy atom. The number of carbonyl (C=O) groups excluding carboxylic acids is 2. The van der Waals surface area contributed by atoms with Crippen molar-refractivity contribution >= 4 is 18.0 Å². The van der Waals surface area contributed by atoms with E-state index in [2.05, 4.69) is 29.6 Å². The highest BCUT2D eigenvalue weighted by atomic mass is 16.5. The molecule has 0 saturated heterocycles. The lowest BCUT2D eigenvalue weighted by atomic mass is 9.48. The zero-order valence-electron chi connectivity index (χ0n) is 19.4. The largest absolute Gasteiger partial charge is 0.480 e. The molecule has 0 aromatic heterocycles. The fourth-order valence-corrected chi connectivity index (χ4v) is 6.17. The van der Waals surface area contributed by atoms with Crippen molar-refractivity contribution in [1.82, 2.24) is 10.2 Å². The number of amides is 2. The van der Waals surface area contributed by atoms with Crippen LogP contribution in [0, 0.1) is 5.41 Å². The number of fused-ring (bicyclic) bond motifs is 3. The summed E-state index contributed by atoms with van der Waals surface area (Å²) in [4.78, 5) is 38.9. The maximum absolute atomic E-state index is 13.4. The van der Waals surface area contributed by atoms with Crippen LogP contribution in [0.25, 0.3) is 11.1 Å². The standard InChI is InChI=1S/C27H30N2O5/c1-2-29(14-23(30)31)24(32)27(16-26(17-27)12-7-13-26)28-25(33)34-15-22-20-10-5-3-8-18(20)19-9-4-6-11-21(19)22/h3-6,8-11,22H,2,7,12-17H2,1H3,(H,28,33)(H,30,31). The van der Waals surface area contributed by atoms with Crippen molar-refractivity contribution in [1.29, 1.82) is 0 Å². The van der Waals surface area contributed by atoms with Crippen LogP contribution >= 0.6 is 0 Å². The van der Waals surface area contributed by atoms with E-state index in [-0.39, 0.29) is 36.9 Å². The topological polar surface area (TPSA) is 95.9 Å². The number of carboxylic acid groups (broad SMARTS) is 1. The first-order valence-corrected chi connectivity index (χ1v) is 12.0. The predicted octanol–water partition coefficient (Wildman–Crippen LogP) is 4.16. The van der Waals surface area contributed by atoms with E-state index in [9.17, 15) is 19.5 Å². The number of carbonyl (C=O) groups is 3. The van der Waals surface area contributed by atoms with Crippen LogP contribution in [-0.2, 0) is 14.3 Å². The maximum Gasteiger partial charge on any atom is 0.408 e. The number of ether oxygens (including phenoxy) is 1. The molecule has 2 aromatic carbocycles. The van der Waals surface area contributed by atoms with Crippen LogP contribution in [0.4, 0.5) is 4.79 Å². The van der Waals surface area contributed by atoms with Gasteiger partial charge in [0.05, 0.1) is 0 Å². The summed E-state index contributed by atoms with van der Waals surface area (Å²) in [6.07, 6.45) is 3.66. The molecule has 0 heterocycles. The molecule has 178 valence electrons. The van der Waals surface area contributed by atoms with Gasteiger partial charge in [0, 0.05) is 12.5 Å². The van der Waals surface area contributed by atoms with Crippen molar-refractivity contribution in [3.05, 3.63) is 59.7 Å². The van der Waals surface area contributed by atoms with Gasteiger partial charge in [-0.05, 0) is 60.3 Å². The van der Waals surface area contributed by atoms with Crippen LogP contribution in [0.5, 0.6) is 0 Å². The van der Waals surface area contributed by atoms with Crippen LogP contribution in [0.1, 0.15) is 56.1 Å². The predicted molar refractivity (Wildman–Crippen MR) is 126 cm³/mol. The Hall–Kier alpha value is -3.35. The number of aliphatic carboxylic acids is 1. The van der Waals surface area contributed by atoms with E-state index in [0.29, 0.717) is 12.8 Å². The number of rotatable bonds is 7. The second-order valence-electron chi connectivity index (χ2n) is 9.95. The van der Waals surface area contributed by atoms with Crippen molar-refractivity contribution in [3.63, 3.8) is 0 Å². The Morgan fingerprint density at radius 3 is 2.12 bits per heavy atom. The van der Waals surface area contributed by atoms with E-state index in [1.807, 2.05) is 24.3 Å². The second kappa shape index (κ2) is 8.46. The first kappa shape index (κ1) is 22.4. The molecular formula is C27H30N2O5. The SMILES string of the molecule is CCN(CC(=O)O)C(=O)C1(NC(=O)OCC2c3ccccc3-c3ccccc32)CC2(CCC2)C1. The molecular weight excluding hydrogens is 432 g/mol. The van der Waals surface area contributed by atoms with Crippen LogP contribution in [0.2, 0.25) is 0 Å². The number of carboxylic acids is 1. The van der Waals surface area contributed by atoms with E-state index < -0.39 is 17.6 Å². The van der Waals surface area contributed by atoms with E-state index in [0.717, 1.165) is 41.5 Å². The number of likely N-dealkylation sites (N-methyl/N-ethyl adjacent to an activating group) is 1. The van der Waals surface area contributed by atoms with Crippen LogP contribution < -0.4 is 5.32 Å². The molecule has 7 heteroatoms. The molecule has 0 radical (unpaired) electrons. The van der Waals surface area contributed by atoms with Crippen molar-refractivity contribution in [2.45, 2.75) is 50.5 Å². The quantitative estimate of drug-likeness (QED) is 0.644. The number of alkyl carbamates (subject to hydrolysis) is 1. The average molecular weight is 463 g/mol. The lowest BCUT2D eigenvalue weighted by Crippen LogP contribution is -2.71. The zero-order chi connectivity index (χ0) is 23.9. The third kappa shape index (κ3) is 3.73. The van der Waals surface area contributed by atoms with Crippen molar-refractivity contribution in [2.24, 2.45) is 5.41 Å². The van der Waals surface area contributed by atoms with Gasteiger partial charge in [-0.1, -0.05) is 55.0 Å². The second-order valence-corrected chi connectivity index (χ2v) is 9.95.